The van der Waals surface area contributed by atoms with Crippen LogP contribution in [0, 0.1) is 5.92 Å². The molecular formula is C12H23NO3. The van der Waals surface area contributed by atoms with Gasteiger partial charge in [0, 0.05) is 19.3 Å². The molecule has 1 fully saturated rings. The summed E-state index contributed by atoms with van der Waals surface area (Å²) in [5.74, 6) is 0.443. The second-order valence-electron chi connectivity index (χ2n) is 4.12. The second kappa shape index (κ2) is 7.63. The zero-order chi connectivity index (χ0) is 11.8. The van der Waals surface area contributed by atoms with Gasteiger partial charge in [0.1, 0.15) is 0 Å². The zero-order valence-corrected chi connectivity index (χ0v) is 10.3. The van der Waals surface area contributed by atoms with Crippen LogP contribution >= 0.6 is 0 Å². The molecule has 0 radical (unpaired) electrons. The highest BCUT2D eigenvalue weighted by Crippen LogP contribution is 2.21. The Morgan fingerprint density at radius 1 is 1.44 bits per heavy atom. The highest BCUT2D eigenvalue weighted by atomic mass is 16.5. The molecule has 0 aliphatic carbocycles. The summed E-state index contributed by atoms with van der Waals surface area (Å²) in [5.41, 5.74) is 0. The number of carbonyl (C=O) groups is 1. The molecule has 0 aromatic rings. The molecule has 0 aromatic heterocycles. The molecule has 1 rings (SSSR count). The fraction of sp³-hybridized carbons (Fsp3) is 0.917. The van der Waals surface area contributed by atoms with Gasteiger partial charge in [0.2, 0.25) is 0 Å². The molecule has 94 valence electrons. The summed E-state index contributed by atoms with van der Waals surface area (Å²) in [5, 5.41) is 3.39. The Kier molecular flexibility index (Phi) is 6.42. The third-order valence-corrected chi connectivity index (χ3v) is 2.99. The second-order valence-corrected chi connectivity index (χ2v) is 4.12. The van der Waals surface area contributed by atoms with Crippen molar-refractivity contribution in [2.24, 2.45) is 5.92 Å². The van der Waals surface area contributed by atoms with Gasteiger partial charge in [-0.05, 0) is 32.2 Å². The maximum absolute atomic E-state index is 11.5. The third kappa shape index (κ3) is 4.49. The summed E-state index contributed by atoms with van der Waals surface area (Å²) in [7, 11) is 0. The quantitative estimate of drug-likeness (QED) is 0.698. The van der Waals surface area contributed by atoms with Gasteiger partial charge in [0.05, 0.1) is 13.0 Å². The van der Waals surface area contributed by atoms with Crippen molar-refractivity contribution in [1.29, 1.82) is 0 Å². The Bertz CT molecular complexity index is 202. The van der Waals surface area contributed by atoms with Gasteiger partial charge in [-0.2, -0.15) is 0 Å². The lowest BCUT2D eigenvalue weighted by atomic mass is 9.89. The van der Waals surface area contributed by atoms with Crippen LogP contribution < -0.4 is 5.32 Å². The summed E-state index contributed by atoms with van der Waals surface area (Å²) in [4.78, 5) is 11.5. The molecular weight excluding hydrogens is 206 g/mol. The Labute approximate surface area is 97.7 Å². The Morgan fingerprint density at radius 2 is 2.12 bits per heavy atom. The van der Waals surface area contributed by atoms with Crippen molar-refractivity contribution in [2.75, 3.05) is 26.4 Å². The lowest BCUT2D eigenvalue weighted by molar-refractivity contribution is -0.144. The van der Waals surface area contributed by atoms with Crippen molar-refractivity contribution in [3.8, 4) is 0 Å². The van der Waals surface area contributed by atoms with Crippen LogP contribution in [0.3, 0.4) is 0 Å². The molecule has 4 nitrogen and oxygen atoms in total. The van der Waals surface area contributed by atoms with E-state index in [0.717, 1.165) is 32.6 Å². The van der Waals surface area contributed by atoms with E-state index in [2.05, 4.69) is 12.2 Å². The fourth-order valence-corrected chi connectivity index (χ4v) is 2.19. The molecule has 1 N–H and O–H groups in total. The number of esters is 1. The summed E-state index contributed by atoms with van der Waals surface area (Å²) >= 11 is 0. The molecule has 1 atom stereocenters. The number of rotatable bonds is 6. The number of nitrogens with one attached hydrogen (secondary N) is 1. The van der Waals surface area contributed by atoms with Crippen LogP contribution in [0.4, 0.5) is 0 Å². The minimum atomic E-state index is -0.0973. The Morgan fingerprint density at radius 3 is 2.69 bits per heavy atom. The molecule has 1 aliphatic heterocycles. The minimum absolute atomic E-state index is 0.0973. The topological polar surface area (TPSA) is 47.6 Å². The number of carbonyl (C=O) groups excluding carboxylic acids is 1. The first-order chi connectivity index (χ1) is 7.77. The third-order valence-electron chi connectivity index (χ3n) is 2.99. The van der Waals surface area contributed by atoms with Gasteiger partial charge in [0.15, 0.2) is 0 Å². The zero-order valence-electron chi connectivity index (χ0n) is 10.3. The van der Waals surface area contributed by atoms with E-state index >= 15 is 0 Å². The van der Waals surface area contributed by atoms with Crippen molar-refractivity contribution in [2.45, 2.75) is 39.2 Å². The van der Waals surface area contributed by atoms with E-state index < -0.39 is 0 Å². The van der Waals surface area contributed by atoms with Crippen molar-refractivity contribution in [3.63, 3.8) is 0 Å². The lowest BCUT2D eigenvalue weighted by Crippen LogP contribution is -2.40. The van der Waals surface area contributed by atoms with Crippen molar-refractivity contribution < 1.29 is 14.3 Å². The van der Waals surface area contributed by atoms with Crippen LogP contribution in [-0.4, -0.2) is 38.4 Å². The predicted molar refractivity (Wildman–Crippen MR) is 62.3 cm³/mol. The van der Waals surface area contributed by atoms with Crippen LogP contribution in [-0.2, 0) is 14.3 Å². The molecule has 0 saturated carbocycles. The Hall–Kier alpha value is -0.610. The Balaban J connectivity index is 2.41. The molecule has 4 heteroatoms. The van der Waals surface area contributed by atoms with Crippen molar-refractivity contribution >= 4 is 5.97 Å². The summed E-state index contributed by atoms with van der Waals surface area (Å²) in [6.45, 7) is 6.89. The summed E-state index contributed by atoms with van der Waals surface area (Å²) in [6, 6.07) is 0.243. The first kappa shape index (κ1) is 13.5. The van der Waals surface area contributed by atoms with Crippen LogP contribution in [0.25, 0.3) is 0 Å². The lowest BCUT2D eigenvalue weighted by Gasteiger charge is -2.30. The van der Waals surface area contributed by atoms with E-state index in [9.17, 15) is 4.79 Å². The van der Waals surface area contributed by atoms with Gasteiger partial charge in [-0.25, -0.2) is 0 Å². The SMILES string of the molecule is CCNC(CC(=O)OCC)C1CCOCC1. The van der Waals surface area contributed by atoms with Gasteiger partial charge < -0.3 is 14.8 Å². The summed E-state index contributed by atoms with van der Waals surface area (Å²) < 4.78 is 10.3. The van der Waals surface area contributed by atoms with Crippen LogP contribution in [0.2, 0.25) is 0 Å². The molecule has 1 saturated heterocycles. The molecule has 0 bridgehead atoms. The molecule has 0 aromatic carbocycles. The highest BCUT2D eigenvalue weighted by Gasteiger charge is 2.25. The highest BCUT2D eigenvalue weighted by molar-refractivity contribution is 5.70. The van der Waals surface area contributed by atoms with Crippen molar-refractivity contribution in [1.82, 2.24) is 5.32 Å². The van der Waals surface area contributed by atoms with Crippen LogP contribution in [0.5, 0.6) is 0 Å². The van der Waals surface area contributed by atoms with Gasteiger partial charge >= 0.3 is 5.97 Å². The van der Waals surface area contributed by atoms with E-state index in [1.807, 2.05) is 6.92 Å². The van der Waals surface area contributed by atoms with Gasteiger partial charge in [-0.3, -0.25) is 4.79 Å². The molecule has 0 spiro atoms. The molecule has 0 amide bonds. The number of hydrogen-bond donors (Lipinski definition) is 1. The van der Waals surface area contributed by atoms with Gasteiger partial charge in [0.25, 0.3) is 0 Å². The maximum atomic E-state index is 11.5. The first-order valence-electron chi connectivity index (χ1n) is 6.24. The summed E-state index contributed by atoms with van der Waals surface area (Å²) in [6.07, 6.45) is 2.56. The van der Waals surface area contributed by atoms with Crippen molar-refractivity contribution in [3.05, 3.63) is 0 Å². The molecule has 16 heavy (non-hydrogen) atoms. The maximum Gasteiger partial charge on any atom is 0.307 e. The van der Waals surface area contributed by atoms with Gasteiger partial charge in [-0.15, -0.1) is 0 Å². The van der Waals surface area contributed by atoms with Crippen LogP contribution in [0.1, 0.15) is 33.1 Å². The van der Waals surface area contributed by atoms with E-state index in [0.29, 0.717) is 18.9 Å². The largest absolute Gasteiger partial charge is 0.466 e. The predicted octanol–water partition coefficient (Wildman–Crippen LogP) is 1.34. The number of ether oxygens (including phenoxy) is 2. The van der Waals surface area contributed by atoms with E-state index in [4.69, 9.17) is 9.47 Å². The molecule has 1 unspecified atom stereocenters. The number of hydrogen-bond acceptors (Lipinski definition) is 4. The standard InChI is InChI=1S/C12H23NO3/c1-3-13-11(9-12(14)16-4-2)10-5-7-15-8-6-10/h10-11,13H,3-9H2,1-2H3. The smallest absolute Gasteiger partial charge is 0.307 e. The molecule has 1 aliphatic rings. The minimum Gasteiger partial charge on any atom is -0.466 e. The first-order valence-corrected chi connectivity index (χ1v) is 6.24. The van der Waals surface area contributed by atoms with Crippen LogP contribution in [0.15, 0.2) is 0 Å². The molecule has 1 heterocycles. The van der Waals surface area contributed by atoms with E-state index in [-0.39, 0.29) is 12.0 Å². The normalized spacial score (nSPS) is 19.4. The average Bonchev–Trinajstić information content (AvgIpc) is 2.30. The fourth-order valence-electron chi connectivity index (χ4n) is 2.19. The average molecular weight is 229 g/mol. The monoisotopic (exact) mass is 229 g/mol. The van der Waals surface area contributed by atoms with E-state index in [1.54, 1.807) is 0 Å². The van der Waals surface area contributed by atoms with Gasteiger partial charge in [-0.1, -0.05) is 6.92 Å². The van der Waals surface area contributed by atoms with E-state index in [1.165, 1.54) is 0 Å².